The van der Waals surface area contributed by atoms with Crippen LogP contribution in [0, 0.1) is 17.2 Å². The lowest BCUT2D eigenvalue weighted by Crippen LogP contribution is -2.06. The highest BCUT2D eigenvalue weighted by Gasteiger charge is 2.06. The molecule has 2 aromatic carbocycles. The molecule has 3 rings (SSSR count). The van der Waals surface area contributed by atoms with E-state index in [-0.39, 0.29) is 0 Å². The summed E-state index contributed by atoms with van der Waals surface area (Å²) in [5, 5.41) is 13.4. The first-order valence-electron chi connectivity index (χ1n) is 8.16. The molecule has 0 aliphatic rings. The largest absolute Gasteiger partial charge is 0.369 e. The number of nitrogens with zero attached hydrogens (tertiary/aromatic N) is 3. The molecule has 0 spiro atoms. The lowest BCUT2D eigenvalue weighted by Gasteiger charge is -2.11. The highest BCUT2D eigenvalue weighted by molar-refractivity contribution is 5.92. The van der Waals surface area contributed by atoms with Crippen molar-refractivity contribution in [3.63, 3.8) is 0 Å². The fourth-order valence-corrected chi connectivity index (χ4v) is 2.59. The summed E-state index contributed by atoms with van der Waals surface area (Å²) in [6.07, 6.45) is 2.70. The van der Waals surface area contributed by atoms with Crippen LogP contribution in [0.2, 0.25) is 0 Å². The molecule has 0 aliphatic carbocycles. The van der Waals surface area contributed by atoms with Gasteiger partial charge in [-0.3, -0.25) is 0 Å². The van der Waals surface area contributed by atoms with Crippen LogP contribution in [-0.2, 0) is 0 Å². The van der Waals surface area contributed by atoms with Crippen LogP contribution in [0.15, 0.2) is 48.8 Å². The molecule has 0 radical (unpaired) electrons. The summed E-state index contributed by atoms with van der Waals surface area (Å²) in [6, 6.07) is 15.9. The van der Waals surface area contributed by atoms with Crippen LogP contribution in [0.25, 0.3) is 22.0 Å². The average molecular weight is 316 g/mol. The Labute approximate surface area is 142 Å². The summed E-state index contributed by atoms with van der Waals surface area (Å²) in [6.45, 7) is 5.32. The minimum absolute atomic E-state index is 0.653. The Balaban J connectivity index is 1.94. The predicted molar refractivity (Wildman–Crippen MR) is 97.6 cm³/mol. The Morgan fingerprint density at radius 2 is 1.79 bits per heavy atom. The number of fused-ring (bicyclic) bond motifs is 1. The molecule has 3 aromatic rings. The predicted octanol–water partition coefficient (Wildman–Crippen LogP) is 4.63. The van der Waals surface area contributed by atoms with E-state index in [0.717, 1.165) is 40.8 Å². The van der Waals surface area contributed by atoms with Gasteiger partial charge in [-0.05, 0) is 47.7 Å². The van der Waals surface area contributed by atoms with E-state index in [1.54, 1.807) is 6.33 Å². The van der Waals surface area contributed by atoms with Crippen molar-refractivity contribution in [2.75, 3.05) is 11.9 Å². The molecule has 0 saturated carbocycles. The van der Waals surface area contributed by atoms with Crippen molar-refractivity contribution in [1.29, 1.82) is 5.26 Å². The lowest BCUT2D eigenvalue weighted by atomic mass is 10.0. The van der Waals surface area contributed by atoms with Gasteiger partial charge in [0.15, 0.2) is 0 Å². The third kappa shape index (κ3) is 3.52. The van der Waals surface area contributed by atoms with Crippen molar-refractivity contribution in [3.8, 4) is 17.2 Å². The monoisotopic (exact) mass is 316 g/mol. The molecule has 1 heterocycles. The lowest BCUT2D eigenvalue weighted by molar-refractivity contribution is 0.607. The Bertz CT molecular complexity index is 876. The standard InChI is InChI=1S/C20H20N4/c1-14(2)9-10-22-20-18-11-17(7-8-19(18)23-13-24-20)16-5-3-15(12-21)4-6-16/h3-8,11,13-14H,9-10H2,1-2H3,(H,22,23,24). The van der Waals surface area contributed by atoms with Crippen molar-refractivity contribution in [3.05, 3.63) is 54.4 Å². The Hall–Kier alpha value is -2.93. The minimum Gasteiger partial charge on any atom is -0.369 e. The molecule has 0 amide bonds. The van der Waals surface area contributed by atoms with Crippen molar-refractivity contribution in [2.45, 2.75) is 20.3 Å². The van der Waals surface area contributed by atoms with E-state index in [0.29, 0.717) is 11.5 Å². The number of benzene rings is 2. The SMILES string of the molecule is CC(C)CCNc1ncnc2ccc(-c3ccc(C#N)cc3)cc12. The number of rotatable bonds is 5. The second kappa shape index (κ2) is 7.10. The van der Waals surface area contributed by atoms with Crippen molar-refractivity contribution in [2.24, 2.45) is 5.92 Å². The van der Waals surface area contributed by atoms with Crippen LogP contribution in [0.1, 0.15) is 25.8 Å². The molecule has 1 N–H and O–H groups in total. The summed E-state index contributed by atoms with van der Waals surface area (Å²) in [7, 11) is 0. The van der Waals surface area contributed by atoms with Crippen molar-refractivity contribution in [1.82, 2.24) is 9.97 Å². The fourth-order valence-electron chi connectivity index (χ4n) is 2.59. The van der Waals surface area contributed by atoms with Gasteiger partial charge in [0.1, 0.15) is 12.1 Å². The molecular weight excluding hydrogens is 296 g/mol. The van der Waals surface area contributed by atoms with Gasteiger partial charge in [0.05, 0.1) is 17.1 Å². The molecule has 1 aromatic heterocycles. The summed E-state index contributed by atoms with van der Waals surface area (Å²) >= 11 is 0. The molecule has 0 fully saturated rings. The summed E-state index contributed by atoms with van der Waals surface area (Å²) in [4.78, 5) is 8.75. The highest BCUT2D eigenvalue weighted by Crippen LogP contribution is 2.27. The number of aromatic nitrogens is 2. The molecule has 0 saturated heterocycles. The fraction of sp³-hybridized carbons (Fsp3) is 0.250. The van der Waals surface area contributed by atoms with E-state index < -0.39 is 0 Å². The number of nitriles is 1. The van der Waals surface area contributed by atoms with Crippen LogP contribution >= 0.6 is 0 Å². The van der Waals surface area contributed by atoms with Crippen LogP contribution in [-0.4, -0.2) is 16.5 Å². The number of hydrogen-bond donors (Lipinski definition) is 1. The average Bonchev–Trinajstić information content (AvgIpc) is 2.61. The van der Waals surface area contributed by atoms with E-state index >= 15 is 0 Å². The first-order valence-corrected chi connectivity index (χ1v) is 8.16. The Morgan fingerprint density at radius 1 is 1.04 bits per heavy atom. The second-order valence-electron chi connectivity index (χ2n) is 6.25. The van der Waals surface area contributed by atoms with Crippen molar-refractivity contribution < 1.29 is 0 Å². The minimum atomic E-state index is 0.653. The molecule has 120 valence electrons. The van der Waals surface area contributed by atoms with E-state index in [2.05, 4.69) is 47.3 Å². The number of hydrogen-bond acceptors (Lipinski definition) is 4. The third-order valence-electron chi connectivity index (χ3n) is 4.00. The maximum atomic E-state index is 8.92. The number of nitrogens with one attached hydrogen (secondary N) is 1. The maximum Gasteiger partial charge on any atom is 0.137 e. The van der Waals surface area contributed by atoms with E-state index in [1.165, 1.54) is 0 Å². The van der Waals surface area contributed by atoms with Gasteiger partial charge in [-0.2, -0.15) is 5.26 Å². The maximum absolute atomic E-state index is 8.92. The quantitative estimate of drug-likeness (QED) is 0.745. The molecule has 24 heavy (non-hydrogen) atoms. The first-order chi connectivity index (χ1) is 11.7. The second-order valence-corrected chi connectivity index (χ2v) is 6.25. The summed E-state index contributed by atoms with van der Waals surface area (Å²) in [5.74, 6) is 1.52. The van der Waals surface area contributed by atoms with Crippen LogP contribution < -0.4 is 5.32 Å². The van der Waals surface area contributed by atoms with Gasteiger partial charge in [-0.1, -0.05) is 32.0 Å². The first kappa shape index (κ1) is 15.9. The van der Waals surface area contributed by atoms with Gasteiger partial charge in [0.2, 0.25) is 0 Å². The van der Waals surface area contributed by atoms with Crippen LogP contribution in [0.4, 0.5) is 5.82 Å². The molecular formula is C20H20N4. The molecule has 0 unspecified atom stereocenters. The van der Waals surface area contributed by atoms with Gasteiger partial charge in [-0.25, -0.2) is 9.97 Å². The normalized spacial score (nSPS) is 10.8. The van der Waals surface area contributed by atoms with Crippen molar-refractivity contribution >= 4 is 16.7 Å². The molecule has 4 heteroatoms. The topological polar surface area (TPSA) is 61.6 Å². The van der Waals surface area contributed by atoms with E-state index in [4.69, 9.17) is 5.26 Å². The summed E-state index contributed by atoms with van der Waals surface area (Å²) in [5.41, 5.74) is 3.76. The Kier molecular flexibility index (Phi) is 4.72. The smallest absolute Gasteiger partial charge is 0.137 e. The molecule has 0 atom stereocenters. The van der Waals surface area contributed by atoms with E-state index in [9.17, 15) is 0 Å². The third-order valence-corrected chi connectivity index (χ3v) is 4.00. The highest BCUT2D eigenvalue weighted by atomic mass is 15.0. The Morgan fingerprint density at radius 3 is 2.50 bits per heavy atom. The van der Waals surface area contributed by atoms with Gasteiger partial charge >= 0.3 is 0 Å². The van der Waals surface area contributed by atoms with Gasteiger partial charge < -0.3 is 5.32 Å². The van der Waals surface area contributed by atoms with Crippen LogP contribution in [0.5, 0.6) is 0 Å². The van der Waals surface area contributed by atoms with E-state index in [1.807, 2.05) is 30.3 Å². The van der Waals surface area contributed by atoms with Gasteiger partial charge in [0.25, 0.3) is 0 Å². The molecule has 0 aliphatic heterocycles. The molecule has 4 nitrogen and oxygen atoms in total. The summed E-state index contributed by atoms with van der Waals surface area (Å²) < 4.78 is 0. The zero-order chi connectivity index (χ0) is 16.9. The molecule has 0 bridgehead atoms. The zero-order valence-corrected chi connectivity index (χ0v) is 14.0. The number of anilines is 1. The van der Waals surface area contributed by atoms with Gasteiger partial charge in [-0.15, -0.1) is 0 Å². The van der Waals surface area contributed by atoms with Gasteiger partial charge in [0, 0.05) is 11.9 Å². The zero-order valence-electron chi connectivity index (χ0n) is 14.0. The van der Waals surface area contributed by atoms with Crippen LogP contribution in [0.3, 0.4) is 0 Å².